The Balaban J connectivity index is 2.00. The molecule has 0 aromatic heterocycles. The zero-order chi connectivity index (χ0) is 8.77. The van der Waals surface area contributed by atoms with Gasteiger partial charge in [-0.05, 0) is 12.8 Å². The van der Waals surface area contributed by atoms with Crippen LogP contribution in [-0.4, -0.2) is 26.7 Å². The summed E-state index contributed by atoms with van der Waals surface area (Å²) in [7, 11) is -3.81. The van der Waals surface area contributed by atoms with Gasteiger partial charge < -0.3 is 4.74 Å². The van der Waals surface area contributed by atoms with E-state index in [2.05, 4.69) is 4.18 Å². The summed E-state index contributed by atoms with van der Waals surface area (Å²) in [6.45, 7) is 0. The fourth-order valence-electron chi connectivity index (χ4n) is 1.86. The predicted octanol–water partition coefficient (Wildman–Crippen LogP) is -0.474. The molecule has 0 radical (unpaired) electrons. The van der Waals surface area contributed by atoms with Crippen molar-refractivity contribution in [2.75, 3.05) is 0 Å². The molecule has 3 atom stereocenters. The van der Waals surface area contributed by atoms with Crippen LogP contribution in [-0.2, 0) is 19.2 Å². The molecular formula is C6H11NO4S. The van der Waals surface area contributed by atoms with Gasteiger partial charge in [0, 0.05) is 6.42 Å². The lowest BCUT2D eigenvalue weighted by Crippen LogP contribution is -2.31. The summed E-state index contributed by atoms with van der Waals surface area (Å²) in [5.74, 6) is 0. The Labute approximate surface area is 71.1 Å². The van der Waals surface area contributed by atoms with E-state index < -0.39 is 10.3 Å². The summed E-state index contributed by atoms with van der Waals surface area (Å²) in [5.41, 5.74) is 0. The molecule has 2 saturated heterocycles. The average molecular weight is 193 g/mol. The number of fused-ring (bicyclic) bond motifs is 2. The van der Waals surface area contributed by atoms with Crippen LogP contribution in [0.1, 0.15) is 19.3 Å². The second kappa shape index (κ2) is 2.66. The van der Waals surface area contributed by atoms with E-state index in [0.717, 1.165) is 12.8 Å². The smallest absolute Gasteiger partial charge is 0.333 e. The van der Waals surface area contributed by atoms with Crippen molar-refractivity contribution in [1.82, 2.24) is 0 Å². The van der Waals surface area contributed by atoms with Crippen LogP contribution in [0, 0.1) is 0 Å². The predicted molar refractivity (Wildman–Crippen MR) is 40.5 cm³/mol. The number of hydrogen-bond acceptors (Lipinski definition) is 4. The summed E-state index contributed by atoms with van der Waals surface area (Å²) < 4.78 is 31.2. The molecular weight excluding hydrogens is 182 g/mol. The van der Waals surface area contributed by atoms with Gasteiger partial charge in [0.15, 0.2) is 0 Å². The first-order chi connectivity index (χ1) is 5.54. The highest BCUT2D eigenvalue weighted by Crippen LogP contribution is 2.36. The van der Waals surface area contributed by atoms with Crippen molar-refractivity contribution in [1.29, 1.82) is 0 Å². The minimum Gasteiger partial charge on any atom is -0.372 e. The van der Waals surface area contributed by atoms with E-state index in [0.29, 0.717) is 6.42 Å². The van der Waals surface area contributed by atoms with Crippen LogP contribution >= 0.6 is 0 Å². The Bertz CT molecular complexity index is 275. The van der Waals surface area contributed by atoms with Gasteiger partial charge in [-0.2, -0.15) is 8.42 Å². The van der Waals surface area contributed by atoms with E-state index >= 15 is 0 Å². The molecule has 0 aromatic rings. The van der Waals surface area contributed by atoms with E-state index in [-0.39, 0.29) is 18.3 Å². The van der Waals surface area contributed by atoms with E-state index in [9.17, 15) is 8.42 Å². The molecule has 5 nitrogen and oxygen atoms in total. The monoisotopic (exact) mass is 193 g/mol. The van der Waals surface area contributed by atoms with Crippen molar-refractivity contribution in [2.24, 2.45) is 5.14 Å². The molecule has 2 N–H and O–H groups in total. The molecule has 0 amide bonds. The molecule has 2 aliphatic heterocycles. The van der Waals surface area contributed by atoms with Crippen molar-refractivity contribution < 1.29 is 17.3 Å². The standard InChI is InChI=1S/C6H11NO4S/c7-12(8,9)11-6-3-4-1-2-5(6)10-4/h4-6H,1-3H2,(H2,7,8,9). The molecule has 3 unspecified atom stereocenters. The topological polar surface area (TPSA) is 78.6 Å². The second-order valence-corrected chi connectivity index (χ2v) is 4.42. The number of hydrogen-bond donors (Lipinski definition) is 1. The number of rotatable bonds is 2. The molecule has 0 aliphatic carbocycles. The highest BCUT2D eigenvalue weighted by atomic mass is 32.2. The van der Waals surface area contributed by atoms with Crippen molar-refractivity contribution in [3.63, 3.8) is 0 Å². The van der Waals surface area contributed by atoms with Gasteiger partial charge in [-0.25, -0.2) is 5.14 Å². The Kier molecular flexibility index (Phi) is 1.87. The molecule has 2 fully saturated rings. The van der Waals surface area contributed by atoms with Gasteiger partial charge >= 0.3 is 10.3 Å². The molecule has 6 heteroatoms. The van der Waals surface area contributed by atoms with Crippen LogP contribution in [0.3, 0.4) is 0 Å². The zero-order valence-corrected chi connectivity index (χ0v) is 7.29. The lowest BCUT2D eigenvalue weighted by atomic mass is 9.98. The highest BCUT2D eigenvalue weighted by molar-refractivity contribution is 7.84. The molecule has 2 aliphatic rings. The molecule has 12 heavy (non-hydrogen) atoms. The van der Waals surface area contributed by atoms with Crippen LogP contribution in [0.25, 0.3) is 0 Å². The van der Waals surface area contributed by atoms with Gasteiger partial charge in [0.25, 0.3) is 0 Å². The van der Waals surface area contributed by atoms with Gasteiger partial charge in [-0.3, -0.25) is 4.18 Å². The average Bonchev–Trinajstić information content (AvgIpc) is 2.42. The lowest BCUT2D eigenvalue weighted by molar-refractivity contribution is 0.0664. The van der Waals surface area contributed by atoms with Gasteiger partial charge in [-0.1, -0.05) is 0 Å². The van der Waals surface area contributed by atoms with Crippen molar-refractivity contribution in [3.8, 4) is 0 Å². The maximum Gasteiger partial charge on any atom is 0.333 e. The molecule has 2 rings (SSSR count). The summed E-state index contributed by atoms with van der Waals surface area (Å²) in [4.78, 5) is 0. The van der Waals surface area contributed by atoms with Gasteiger partial charge in [0.05, 0.1) is 12.2 Å². The Hall–Kier alpha value is -0.170. The fourth-order valence-corrected chi connectivity index (χ4v) is 2.41. The Morgan fingerprint density at radius 1 is 1.42 bits per heavy atom. The summed E-state index contributed by atoms with van der Waals surface area (Å²) in [5, 5.41) is 4.74. The van der Waals surface area contributed by atoms with Crippen LogP contribution in [0.2, 0.25) is 0 Å². The number of ether oxygens (including phenoxy) is 1. The third-order valence-corrected chi connectivity index (χ3v) is 2.82. The normalized spacial score (nSPS) is 40.6. The van der Waals surface area contributed by atoms with Crippen LogP contribution in [0.15, 0.2) is 0 Å². The van der Waals surface area contributed by atoms with E-state index in [1.807, 2.05) is 0 Å². The summed E-state index contributed by atoms with van der Waals surface area (Å²) in [6, 6.07) is 0. The lowest BCUT2D eigenvalue weighted by Gasteiger charge is -2.16. The van der Waals surface area contributed by atoms with Gasteiger partial charge in [-0.15, -0.1) is 0 Å². The van der Waals surface area contributed by atoms with E-state index in [4.69, 9.17) is 9.88 Å². The highest BCUT2D eigenvalue weighted by Gasteiger charge is 2.43. The van der Waals surface area contributed by atoms with Crippen LogP contribution < -0.4 is 5.14 Å². The zero-order valence-electron chi connectivity index (χ0n) is 6.47. The van der Waals surface area contributed by atoms with E-state index in [1.165, 1.54) is 0 Å². The number of nitrogens with two attached hydrogens (primary N) is 1. The molecule has 0 aromatic carbocycles. The quantitative estimate of drug-likeness (QED) is 0.642. The Morgan fingerprint density at radius 3 is 2.58 bits per heavy atom. The third-order valence-electron chi connectivity index (χ3n) is 2.31. The molecule has 0 saturated carbocycles. The van der Waals surface area contributed by atoms with Crippen LogP contribution in [0.5, 0.6) is 0 Å². The van der Waals surface area contributed by atoms with E-state index in [1.54, 1.807) is 0 Å². The SMILES string of the molecule is NS(=O)(=O)OC1CC2CCC1O2. The summed E-state index contributed by atoms with van der Waals surface area (Å²) in [6.07, 6.45) is 2.31. The largest absolute Gasteiger partial charge is 0.372 e. The maximum atomic E-state index is 10.6. The van der Waals surface area contributed by atoms with Crippen molar-refractivity contribution >= 4 is 10.3 Å². The third kappa shape index (κ3) is 1.61. The maximum absolute atomic E-state index is 10.6. The fraction of sp³-hybridized carbons (Fsp3) is 1.00. The minimum atomic E-state index is -3.81. The minimum absolute atomic E-state index is 0.0617. The first kappa shape index (κ1) is 8.43. The first-order valence-electron chi connectivity index (χ1n) is 3.91. The summed E-state index contributed by atoms with van der Waals surface area (Å²) >= 11 is 0. The van der Waals surface area contributed by atoms with Crippen LogP contribution in [0.4, 0.5) is 0 Å². The molecule has 2 bridgehead atoms. The Morgan fingerprint density at radius 2 is 2.17 bits per heavy atom. The first-order valence-corrected chi connectivity index (χ1v) is 5.38. The van der Waals surface area contributed by atoms with Gasteiger partial charge in [0.2, 0.25) is 0 Å². The second-order valence-electron chi connectivity index (χ2n) is 3.24. The molecule has 0 spiro atoms. The van der Waals surface area contributed by atoms with Gasteiger partial charge in [0.1, 0.15) is 6.10 Å². The molecule has 70 valence electrons. The van der Waals surface area contributed by atoms with Crippen molar-refractivity contribution in [3.05, 3.63) is 0 Å². The van der Waals surface area contributed by atoms with Crippen molar-refractivity contribution in [2.45, 2.75) is 37.6 Å². The molecule has 2 heterocycles.